The number of halogens is 1. The average Bonchev–Trinajstić information content (AvgIpc) is 2.14. The Kier molecular flexibility index (Phi) is 5.08. The van der Waals surface area contributed by atoms with Gasteiger partial charge >= 0.3 is 0 Å². The minimum absolute atomic E-state index is 0.347. The molecule has 90 valence electrons. The molecule has 4 unspecified atom stereocenters. The molecule has 0 aromatic heterocycles. The fraction of sp³-hybridized carbons (Fsp3) is 1.00. The van der Waals surface area contributed by atoms with Crippen LogP contribution in [0.3, 0.4) is 0 Å². The summed E-state index contributed by atoms with van der Waals surface area (Å²) < 4.78 is 13.9. The Hall–Kier alpha value is -0.0700. The highest BCUT2D eigenvalue weighted by Gasteiger charge is 2.31. The zero-order valence-corrected chi connectivity index (χ0v) is 10.8. The van der Waals surface area contributed by atoms with E-state index in [0.717, 1.165) is 18.8 Å². The smallest absolute Gasteiger partial charge is 0.103 e. The molecule has 0 heterocycles. The zero-order valence-electron chi connectivity index (χ0n) is 10.8. The quantitative estimate of drug-likeness (QED) is 0.628. The van der Waals surface area contributed by atoms with Crippen molar-refractivity contribution in [1.82, 2.24) is 0 Å². The first-order valence-corrected chi connectivity index (χ1v) is 6.64. The van der Waals surface area contributed by atoms with Gasteiger partial charge in [0.1, 0.15) is 6.17 Å². The predicted molar refractivity (Wildman–Crippen MR) is 64.6 cm³/mol. The molecule has 1 aliphatic rings. The van der Waals surface area contributed by atoms with Crippen molar-refractivity contribution in [3.8, 4) is 0 Å². The largest absolute Gasteiger partial charge is 0.247 e. The molecule has 0 aliphatic heterocycles. The van der Waals surface area contributed by atoms with Crippen LogP contribution < -0.4 is 0 Å². The Bertz CT molecular complexity index is 176. The van der Waals surface area contributed by atoms with Crippen molar-refractivity contribution in [2.24, 2.45) is 23.7 Å². The van der Waals surface area contributed by atoms with Crippen LogP contribution in [0.2, 0.25) is 0 Å². The number of hydrogen-bond donors (Lipinski definition) is 0. The second kappa shape index (κ2) is 5.86. The van der Waals surface area contributed by atoms with Crippen LogP contribution in [-0.4, -0.2) is 6.17 Å². The SMILES string of the molecule is CC(C)CCC(C)C1CCC(C)CC1F. The molecule has 0 aromatic rings. The van der Waals surface area contributed by atoms with E-state index in [0.29, 0.717) is 17.8 Å². The van der Waals surface area contributed by atoms with Gasteiger partial charge in [0, 0.05) is 0 Å². The van der Waals surface area contributed by atoms with E-state index in [1.54, 1.807) is 0 Å². The fourth-order valence-corrected chi connectivity index (χ4v) is 2.79. The highest BCUT2D eigenvalue weighted by atomic mass is 19.1. The number of hydrogen-bond acceptors (Lipinski definition) is 0. The maximum Gasteiger partial charge on any atom is 0.103 e. The van der Waals surface area contributed by atoms with Gasteiger partial charge < -0.3 is 0 Å². The van der Waals surface area contributed by atoms with E-state index in [1.165, 1.54) is 19.3 Å². The van der Waals surface area contributed by atoms with Crippen LogP contribution in [0, 0.1) is 23.7 Å². The maximum absolute atomic E-state index is 13.9. The third kappa shape index (κ3) is 4.12. The molecule has 0 saturated heterocycles. The van der Waals surface area contributed by atoms with Crippen molar-refractivity contribution in [1.29, 1.82) is 0 Å². The minimum atomic E-state index is -0.532. The molecule has 0 amide bonds. The van der Waals surface area contributed by atoms with Gasteiger partial charge in [-0.3, -0.25) is 0 Å². The lowest BCUT2D eigenvalue weighted by Crippen LogP contribution is -2.30. The van der Waals surface area contributed by atoms with Crippen molar-refractivity contribution in [3.05, 3.63) is 0 Å². The van der Waals surface area contributed by atoms with Gasteiger partial charge in [-0.2, -0.15) is 0 Å². The standard InChI is InChI=1S/C14H27F/c1-10(2)5-7-12(4)13-8-6-11(3)9-14(13)15/h10-14H,5-9H2,1-4H3. The molecule has 4 atom stereocenters. The first-order valence-electron chi connectivity index (χ1n) is 6.64. The Morgan fingerprint density at radius 2 is 1.80 bits per heavy atom. The van der Waals surface area contributed by atoms with Gasteiger partial charge in [0.15, 0.2) is 0 Å². The molecule has 15 heavy (non-hydrogen) atoms. The highest BCUT2D eigenvalue weighted by Crippen LogP contribution is 2.37. The van der Waals surface area contributed by atoms with Gasteiger partial charge in [0.2, 0.25) is 0 Å². The first-order chi connectivity index (χ1) is 7.00. The Balaban J connectivity index is 2.35. The summed E-state index contributed by atoms with van der Waals surface area (Å²) in [5.74, 6) is 2.29. The summed E-state index contributed by atoms with van der Waals surface area (Å²) in [6, 6.07) is 0. The minimum Gasteiger partial charge on any atom is -0.247 e. The van der Waals surface area contributed by atoms with Crippen LogP contribution >= 0.6 is 0 Å². The molecule has 0 bridgehead atoms. The van der Waals surface area contributed by atoms with Crippen LogP contribution in [0.5, 0.6) is 0 Å². The van der Waals surface area contributed by atoms with E-state index >= 15 is 0 Å². The summed E-state index contributed by atoms with van der Waals surface area (Å²) in [5, 5.41) is 0. The van der Waals surface area contributed by atoms with E-state index in [4.69, 9.17) is 0 Å². The molecule has 1 fully saturated rings. The second-order valence-corrected chi connectivity index (χ2v) is 6.05. The van der Waals surface area contributed by atoms with Gasteiger partial charge in [-0.05, 0) is 36.5 Å². The van der Waals surface area contributed by atoms with Crippen molar-refractivity contribution >= 4 is 0 Å². The van der Waals surface area contributed by atoms with E-state index in [9.17, 15) is 4.39 Å². The van der Waals surface area contributed by atoms with Crippen LogP contribution in [-0.2, 0) is 0 Å². The van der Waals surface area contributed by atoms with Crippen molar-refractivity contribution in [2.75, 3.05) is 0 Å². The molecule has 0 N–H and O–H groups in total. The van der Waals surface area contributed by atoms with Gasteiger partial charge in [0.25, 0.3) is 0 Å². The van der Waals surface area contributed by atoms with E-state index in [-0.39, 0.29) is 0 Å². The normalized spacial score (nSPS) is 34.4. The van der Waals surface area contributed by atoms with Crippen molar-refractivity contribution in [2.45, 2.75) is 66.0 Å². The Labute approximate surface area is 94.6 Å². The molecule has 0 nitrogen and oxygen atoms in total. The number of rotatable bonds is 4. The molecule has 1 saturated carbocycles. The third-order valence-corrected chi connectivity index (χ3v) is 4.02. The van der Waals surface area contributed by atoms with Gasteiger partial charge in [-0.15, -0.1) is 0 Å². The molecule has 1 aliphatic carbocycles. The fourth-order valence-electron chi connectivity index (χ4n) is 2.79. The van der Waals surface area contributed by atoms with E-state index in [2.05, 4.69) is 27.7 Å². The summed E-state index contributed by atoms with van der Waals surface area (Å²) >= 11 is 0. The van der Waals surface area contributed by atoms with Crippen LogP contribution in [0.4, 0.5) is 4.39 Å². The van der Waals surface area contributed by atoms with Crippen LogP contribution in [0.25, 0.3) is 0 Å². The van der Waals surface area contributed by atoms with E-state index < -0.39 is 6.17 Å². The summed E-state index contributed by atoms with van der Waals surface area (Å²) in [6.45, 7) is 8.93. The van der Waals surface area contributed by atoms with Gasteiger partial charge in [-0.1, -0.05) is 47.0 Å². The summed E-state index contributed by atoms with van der Waals surface area (Å²) in [7, 11) is 0. The molecule has 0 spiro atoms. The lowest BCUT2D eigenvalue weighted by Gasteiger charge is -2.34. The first kappa shape index (κ1) is 13.0. The summed E-state index contributed by atoms with van der Waals surface area (Å²) in [5.41, 5.74) is 0. The molecule has 0 aromatic carbocycles. The lowest BCUT2D eigenvalue weighted by molar-refractivity contribution is 0.0883. The topological polar surface area (TPSA) is 0 Å². The van der Waals surface area contributed by atoms with Crippen molar-refractivity contribution in [3.63, 3.8) is 0 Å². The lowest BCUT2D eigenvalue weighted by atomic mass is 9.74. The number of alkyl halides is 1. The second-order valence-electron chi connectivity index (χ2n) is 6.05. The monoisotopic (exact) mass is 214 g/mol. The maximum atomic E-state index is 13.9. The van der Waals surface area contributed by atoms with Crippen LogP contribution in [0.1, 0.15) is 59.8 Å². The predicted octanol–water partition coefficient (Wildman–Crippen LogP) is 4.83. The molecular formula is C14H27F. The summed E-state index contributed by atoms with van der Waals surface area (Å²) in [6.07, 6.45) is 5.07. The molecule has 0 radical (unpaired) electrons. The molecule has 1 rings (SSSR count). The van der Waals surface area contributed by atoms with Gasteiger partial charge in [-0.25, -0.2) is 4.39 Å². The van der Waals surface area contributed by atoms with Gasteiger partial charge in [0.05, 0.1) is 0 Å². The van der Waals surface area contributed by atoms with Crippen molar-refractivity contribution < 1.29 is 4.39 Å². The van der Waals surface area contributed by atoms with E-state index in [1.807, 2.05) is 0 Å². The zero-order chi connectivity index (χ0) is 11.4. The average molecular weight is 214 g/mol. The highest BCUT2D eigenvalue weighted by molar-refractivity contribution is 4.81. The third-order valence-electron chi connectivity index (χ3n) is 4.02. The molecular weight excluding hydrogens is 187 g/mol. The Morgan fingerprint density at radius 1 is 1.13 bits per heavy atom. The molecule has 1 heteroatoms. The summed E-state index contributed by atoms with van der Waals surface area (Å²) in [4.78, 5) is 0. The van der Waals surface area contributed by atoms with Crippen LogP contribution in [0.15, 0.2) is 0 Å². The Morgan fingerprint density at radius 3 is 2.33 bits per heavy atom.